The van der Waals surface area contributed by atoms with Crippen LogP contribution in [0.25, 0.3) is 0 Å². The Kier molecular flexibility index (Phi) is 34.2. The summed E-state index contributed by atoms with van der Waals surface area (Å²) in [6.45, 7) is 27.4. The van der Waals surface area contributed by atoms with Gasteiger partial charge in [0.25, 0.3) is 11.8 Å². The minimum Gasteiger partial charge on any atom is -0.458 e. The van der Waals surface area contributed by atoms with Crippen LogP contribution >= 0.6 is 0 Å². The number of carbonyl (C=O) groups excluding carboxylic acids is 14. The third kappa shape index (κ3) is 24.4. The summed E-state index contributed by atoms with van der Waals surface area (Å²) in [5, 5.41) is 43.1. The molecule has 2 aromatic carbocycles. The predicted octanol–water partition coefficient (Wildman–Crippen LogP) is 1.05. The smallest absolute Gasteiger partial charge is 0.329 e. The average molecular weight is 1510 g/mol. The summed E-state index contributed by atoms with van der Waals surface area (Å²) in [7, 11) is 0. The van der Waals surface area contributed by atoms with Gasteiger partial charge in [0.15, 0.2) is 11.5 Å². The van der Waals surface area contributed by atoms with Gasteiger partial charge in [-0.15, -0.1) is 0 Å². The van der Waals surface area contributed by atoms with E-state index in [-0.39, 0.29) is 63.2 Å². The minimum absolute atomic E-state index is 0.0248. The van der Waals surface area contributed by atoms with Crippen molar-refractivity contribution in [2.45, 2.75) is 247 Å². The number of nitrogens with zero attached hydrogens (tertiary/aromatic N) is 1. The van der Waals surface area contributed by atoms with Gasteiger partial charge in [0, 0.05) is 18.5 Å². The van der Waals surface area contributed by atoms with Crippen molar-refractivity contribution < 1.29 is 86.4 Å². The molecule has 0 unspecified atom stereocenters. The number of aliphatic hydroxyl groups is 1. The topological polar surface area (TPSA) is 461 Å². The molecule has 0 saturated carbocycles. The van der Waals surface area contributed by atoms with Crippen molar-refractivity contribution >= 4 is 82.8 Å². The molecule has 0 aliphatic carbocycles. The van der Waals surface area contributed by atoms with Crippen LogP contribution in [0.15, 0.2) is 60.3 Å². The van der Waals surface area contributed by atoms with Crippen molar-refractivity contribution in [2.75, 3.05) is 19.9 Å². The highest BCUT2D eigenvalue weighted by molar-refractivity contribution is 6.03. The molecule has 32 nitrogen and oxygen atoms in total. The monoisotopic (exact) mass is 1510 g/mol. The average Bonchev–Trinajstić information content (AvgIpc) is 1.61. The van der Waals surface area contributed by atoms with E-state index in [0.29, 0.717) is 29.9 Å². The first-order valence-corrected chi connectivity index (χ1v) is 37.5. The van der Waals surface area contributed by atoms with Gasteiger partial charge < -0.3 is 93.8 Å². The predicted molar refractivity (Wildman–Crippen MR) is 399 cm³/mol. The molecule has 2 saturated heterocycles. The number of aliphatic hydroxyl groups excluding tert-OH is 1. The van der Waals surface area contributed by atoms with Gasteiger partial charge in [-0.25, -0.2) is 4.79 Å². The number of hydrogen-bond acceptors (Lipinski definition) is 19. The van der Waals surface area contributed by atoms with Gasteiger partial charge in [0.2, 0.25) is 71.8 Å². The molecule has 5 rings (SSSR count). The lowest BCUT2D eigenvalue weighted by Gasteiger charge is -2.33. The van der Waals surface area contributed by atoms with Gasteiger partial charge in [-0.2, -0.15) is 0 Å². The van der Waals surface area contributed by atoms with Crippen molar-refractivity contribution in [3.63, 3.8) is 0 Å². The number of allylic oxidation sites excluding steroid dienone is 1. The van der Waals surface area contributed by atoms with Crippen LogP contribution in [0.4, 0.5) is 0 Å². The Morgan fingerprint density at radius 1 is 0.620 bits per heavy atom. The zero-order valence-electron chi connectivity index (χ0n) is 65.3. The number of ether oxygens (including phenoxy) is 3. The van der Waals surface area contributed by atoms with E-state index < -0.39 is 209 Å². The molecule has 598 valence electrons. The number of nitrogens with two attached hydrogens (primary N) is 1. The molecule has 2 fully saturated rings. The molecule has 0 radical (unpaired) electrons. The summed E-state index contributed by atoms with van der Waals surface area (Å²) in [4.78, 5) is 203. The van der Waals surface area contributed by atoms with E-state index >= 15 is 9.59 Å². The SMILES string of the molecule is C/C=C1\NC(=O)[C@H](Cc2ccccc2)NC(=O)[C@@H](C(C)C)NC(=O)[C@@H]([C@H](C)CC)NC(=O)[C@H](NC(=O)[C@H](NC(=O)[C@H](CCCN)NC(=O)[C@H]2CCCN2C(=O)[C@H](NC(=O)[C@@H](NC(=O)[C@@H](NC(=O)[C@H](NC(=O)c2ccc3c(c2)OCO3)C(C)C)[C@@H](C)O)C(C)C)C(C)C)[C@H](C)CC)[C@H](C)OC(=O)[C@H](C(C)C)NC1=O. The molecule has 2 aromatic rings. The molecule has 16 atom stereocenters. The third-order valence-corrected chi connectivity index (χ3v) is 19.7. The van der Waals surface area contributed by atoms with Crippen molar-refractivity contribution in [2.24, 2.45) is 47.2 Å². The van der Waals surface area contributed by atoms with Crippen molar-refractivity contribution in [3.05, 3.63) is 71.4 Å². The standard InChI is InChI=1S/C76H116N14O18/c1-18-42(14)59(72(101)89-62-45(17)108-76(105)58(41(12)13)85-64(93)48(20-3)78-66(95)50(34-46-26-22-21-23-27-46)80-68(97)54(37(4)5)82-71(100)60(43(15)19-2)87-74(62)103)86-65(94)49(28-24-32-77)79-67(96)51-29-25-33-90(51)75(104)57(40(10)11)84-69(98)56(39(8)9)83-73(102)61(44(16)91)88-70(99)55(38(6)7)81-63(92)47-30-31-52-53(35-47)107-36-106-52/h20-23,26-27,30-31,35,37-45,49-51,54-62,91H,18-19,24-25,28-29,32-34,36,77H2,1-17H3,(H,78,95)(H,79,96)(H,80,97)(H,81,92)(H,82,100)(H,83,102)(H,84,98)(H,85,93)(H,86,94)(H,87,103)(H,88,99)(H,89,101)/b48-20-/t42-,43-,44-,45+,49+,50+,51-,54-,55-,56+,57-,58+,59-,60-,61+,62-/m1/s1. The fourth-order valence-corrected chi connectivity index (χ4v) is 12.5. The Morgan fingerprint density at radius 2 is 1.19 bits per heavy atom. The highest BCUT2D eigenvalue weighted by atomic mass is 16.7. The first-order chi connectivity index (χ1) is 50.9. The molecular weight excluding hydrogens is 1400 g/mol. The second-order valence-corrected chi connectivity index (χ2v) is 29.9. The third-order valence-electron chi connectivity index (χ3n) is 19.7. The molecule has 15 N–H and O–H groups in total. The molecule has 13 amide bonds. The first-order valence-electron chi connectivity index (χ1n) is 37.5. The number of nitrogens with one attached hydrogen (secondary N) is 12. The van der Waals surface area contributed by atoms with Crippen molar-refractivity contribution in [3.8, 4) is 11.5 Å². The van der Waals surface area contributed by atoms with Gasteiger partial charge in [-0.05, 0) is 118 Å². The maximum absolute atomic E-state index is 15.1. The zero-order valence-corrected chi connectivity index (χ0v) is 65.3. The molecule has 0 aromatic heterocycles. The molecule has 3 aliphatic rings. The molecular formula is C76H116N14O18. The number of fused-ring (bicyclic) bond motifs is 1. The van der Waals surface area contributed by atoms with Crippen LogP contribution in [-0.2, 0) is 73.5 Å². The summed E-state index contributed by atoms with van der Waals surface area (Å²) in [6, 6.07) is -3.51. The highest BCUT2D eigenvalue weighted by Gasteiger charge is 2.45. The van der Waals surface area contributed by atoms with Gasteiger partial charge in [-0.3, -0.25) is 62.3 Å². The van der Waals surface area contributed by atoms with E-state index in [4.69, 9.17) is 19.9 Å². The maximum Gasteiger partial charge on any atom is 0.329 e. The second kappa shape index (κ2) is 41.6. The number of cyclic esters (lactones) is 1. The molecule has 0 bridgehead atoms. The Balaban J connectivity index is 1.38. The summed E-state index contributed by atoms with van der Waals surface area (Å²) in [5.74, 6) is -15.4. The number of esters is 1. The van der Waals surface area contributed by atoms with Crippen LogP contribution in [0.2, 0.25) is 0 Å². The minimum atomic E-state index is -1.83. The van der Waals surface area contributed by atoms with E-state index in [1.54, 1.807) is 133 Å². The van der Waals surface area contributed by atoms with Gasteiger partial charge in [0.1, 0.15) is 84.3 Å². The fourth-order valence-electron chi connectivity index (χ4n) is 12.5. The number of carbonyl (C=O) groups is 14. The molecule has 0 spiro atoms. The van der Waals surface area contributed by atoms with Crippen molar-refractivity contribution in [1.29, 1.82) is 0 Å². The normalized spacial score (nSPS) is 22.5. The summed E-state index contributed by atoms with van der Waals surface area (Å²) in [5.41, 5.74) is 6.51. The Labute approximate surface area is 632 Å². The van der Waals surface area contributed by atoms with Gasteiger partial charge >= 0.3 is 5.97 Å². The first kappa shape index (κ1) is 88.9. The quantitative estimate of drug-likeness (QED) is 0.0384. The van der Waals surface area contributed by atoms with E-state index in [0.717, 1.165) is 0 Å². The largest absolute Gasteiger partial charge is 0.458 e. The number of amides is 13. The summed E-state index contributed by atoms with van der Waals surface area (Å²) in [6.07, 6.45) is -0.709. The van der Waals surface area contributed by atoms with Crippen LogP contribution in [0.3, 0.4) is 0 Å². The fraction of sp³-hybridized carbons (Fsp3) is 0.632. The molecule has 3 heterocycles. The lowest BCUT2D eigenvalue weighted by molar-refractivity contribution is -0.157. The molecule has 108 heavy (non-hydrogen) atoms. The lowest BCUT2D eigenvalue weighted by Crippen LogP contribution is -2.64. The van der Waals surface area contributed by atoms with Gasteiger partial charge in [0.05, 0.1) is 6.10 Å². The molecule has 32 heteroatoms. The number of likely N-dealkylation sites (tertiary alicyclic amines) is 1. The van der Waals surface area contributed by atoms with Crippen LogP contribution in [-0.4, -0.2) is 197 Å². The maximum atomic E-state index is 15.1. The number of rotatable bonds is 30. The number of hydrogen-bond donors (Lipinski definition) is 14. The zero-order chi connectivity index (χ0) is 80.7. The van der Waals surface area contributed by atoms with E-state index in [2.05, 4.69) is 63.8 Å². The lowest BCUT2D eigenvalue weighted by atomic mass is 9.95. The highest BCUT2D eigenvalue weighted by Crippen LogP contribution is 2.33. The Hall–Kier alpha value is -9.72. The van der Waals surface area contributed by atoms with Gasteiger partial charge in [-0.1, -0.05) is 146 Å². The Morgan fingerprint density at radius 3 is 1.76 bits per heavy atom. The summed E-state index contributed by atoms with van der Waals surface area (Å²) >= 11 is 0. The number of benzene rings is 2. The summed E-state index contributed by atoms with van der Waals surface area (Å²) < 4.78 is 16.7. The van der Waals surface area contributed by atoms with E-state index in [9.17, 15) is 62.6 Å². The van der Waals surface area contributed by atoms with E-state index in [1.165, 1.54) is 43.9 Å². The van der Waals surface area contributed by atoms with Crippen molar-refractivity contribution in [1.82, 2.24) is 68.7 Å². The van der Waals surface area contributed by atoms with Crippen LogP contribution in [0.1, 0.15) is 172 Å². The van der Waals surface area contributed by atoms with E-state index in [1.807, 2.05) is 0 Å². The second-order valence-electron chi connectivity index (χ2n) is 29.9. The Bertz CT molecular complexity index is 3550. The van der Waals surface area contributed by atoms with Crippen LogP contribution in [0.5, 0.6) is 11.5 Å². The van der Waals surface area contributed by atoms with Crippen LogP contribution in [0, 0.1) is 41.4 Å². The van der Waals surface area contributed by atoms with Crippen LogP contribution < -0.4 is 79.0 Å². The molecule has 3 aliphatic heterocycles.